The maximum Gasteiger partial charge on any atom is 0.417 e. The molecular formula is C22H25F3N4O5S. The lowest BCUT2D eigenvalue weighted by molar-refractivity contribution is -0.140. The SMILES string of the molecule is N=C(N)c1ccc(CCCCC(=O)NCC(NS(=O)(=O)c2ccccc2C(F)(F)F)C(=O)O)cc1. The number of nitrogen functional groups attached to an aromatic ring is 1. The van der Waals surface area contributed by atoms with E-state index in [2.05, 4.69) is 5.32 Å². The van der Waals surface area contributed by atoms with E-state index in [1.54, 1.807) is 16.9 Å². The monoisotopic (exact) mass is 514 g/mol. The van der Waals surface area contributed by atoms with E-state index in [4.69, 9.17) is 11.1 Å². The van der Waals surface area contributed by atoms with Crippen LogP contribution in [0.5, 0.6) is 0 Å². The van der Waals surface area contributed by atoms with Gasteiger partial charge in [-0.2, -0.15) is 17.9 Å². The fraction of sp³-hybridized carbons (Fsp3) is 0.318. The summed E-state index contributed by atoms with van der Waals surface area (Å²) in [6, 6.07) is 8.57. The molecule has 0 bridgehead atoms. The van der Waals surface area contributed by atoms with Gasteiger partial charge in [0.15, 0.2) is 0 Å². The van der Waals surface area contributed by atoms with Gasteiger partial charge in [0.05, 0.1) is 10.5 Å². The summed E-state index contributed by atoms with van der Waals surface area (Å²) in [5, 5.41) is 18.9. The summed E-state index contributed by atoms with van der Waals surface area (Å²) in [6.07, 6.45) is -3.17. The topological polar surface area (TPSA) is 162 Å². The first-order chi connectivity index (χ1) is 16.3. The van der Waals surface area contributed by atoms with Crippen LogP contribution < -0.4 is 15.8 Å². The van der Waals surface area contributed by atoms with Crippen LogP contribution in [0.25, 0.3) is 0 Å². The number of aliphatic carboxylic acids is 1. The van der Waals surface area contributed by atoms with Gasteiger partial charge in [0.2, 0.25) is 15.9 Å². The van der Waals surface area contributed by atoms with Gasteiger partial charge in [-0.15, -0.1) is 0 Å². The molecule has 0 saturated carbocycles. The minimum Gasteiger partial charge on any atom is -0.480 e. The molecule has 0 saturated heterocycles. The van der Waals surface area contributed by atoms with E-state index in [1.165, 1.54) is 0 Å². The van der Waals surface area contributed by atoms with Crippen molar-refractivity contribution in [3.05, 3.63) is 65.2 Å². The number of hydrogen-bond donors (Lipinski definition) is 5. The Hall–Kier alpha value is -3.45. The zero-order chi connectivity index (χ0) is 26.2. The van der Waals surface area contributed by atoms with Gasteiger partial charge in [-0.3, -0.25) is 15.0 Å². The van der Waals surface area contributed by atoms with Crippen molar-refractivity contribution in [3.63, 3.8) is 0 Å². The number of carboxylic acid groups (broad SMARTS) is 1. The highest BCUT2D eigenvalue weighted by Gasteiger charge is 2.38. The lowest BCUT2D eigenvalue weighted by Gasteiger charge is -2.18. The van der Waals surface area contributed by atoms with Crippen LogP contribution in [-0.4, -0.2) is 43.8 Å². The second-order valence-electron chi connectivity index (χ2n) is 7.63. The summed E-state index contributed by atoms with van der Waals surface area (Å²) >= 11 is 0. The first-order valence-electron chi connectivity index (χ1n) is 10.4. The molecule has 1 amide bonds. The molecule has 190 valence electrons. The Bertz CT molecular complexity index is 1170. The zero-order valence-corrected chi connectivity index (χ0v) is 19.2. The van der Waals surface area contributed by atoms with Crippen molar-refractivity contribution in [2.45, 2.75) is 42.8 Å². The molecule has 0 heterocycles. The molecule has 1 unspecified atom stereocenters. The van der Waals surface area contributed by atoms with E-state index in [0.29, 0.717) is 30.9 Å². The number of unbranched alkanes of at least 4 members (excludes halogenated alkanes) is 1. The number of nitrogens with two attached hydrogens (primary N) is 1. The van der Waals surface area contributed by atoms with E-state index in [-0.39, 0.29) is 12.3 Å². The Kier molecular flexibility index (Phi) is 9.37. The average Bonchev–Trinajstić information content (AvgIpc) is 2.79. The number of amidine groups is 1. The normalized spacial score (nSPS) is 12.7. The molecule has 0 aliphatic rings. The summed E-state index contributed by atoms with van der Waals surface area (Å²) in [4.78, 5) is 22.4. The Morgan fingerprint density at radius 2 is 1.69 bits per heavy atom. The largest absolute Gasteiger partial charge is 0.480 e. The Labute approximate surface area is 200 Å². The molecular weight excluding hydrogens is 489 g/mol. The number of alkyl halides is 3. The Morgan fingerprint density at radius 1 is 1.06 bits per heavy atom. The zero-order valence-electron chi connectivity index (χ0n) is 18.4. The van der Waals surface area contributed by atoms with E-state index in [0.717, 1.165) is 23.8 Å². The maximum atomic E-state index is 13.2. The van der Waals surface area contributed by atoms with Gasteiger partial charge in [0, 0.05) is 18.5 Å². The number of sulfonamides is 1. The molecule has 0 aromatic heterocycles. The van der Waals surface area contributed by atoms with Crippen LogP contribution in [0, 0.1) is 5.41 Å². The molecule has 13 heteroatoms. The van der Waals surface area contributed by atoms with Gasteiger partial charge < -0.3 is 16.2 Å². The van der Waals surface area contributed by atoms with E-state index < -0.39 is 51.1 Å². The van der Waals surface area contributed by atoms with Gasteiger partial charge >= 0.3 is 12.1 Å². The molecule has 2 aromatic rings. The van der Waals surface area contributed by atoms with Crippen LogP contribution in [0.3, 0.4) is 0 Å². The van der Waals surface area contributed by atoms with E-state index in [9.17, 15) is 36.3 Å². The second-order valence-corrected chi connectivity index (χ2v) is 9.31. The fourth-order valence-corrected chi connectivity index (χ4v) is 4.55. The highest BCUT2D eigenvalue weighted by molar-refractivity contribution is 7.89. The second kappa shape index (κ2) is 11.8. The smallest absolute Gasteiger partial charge is 0.417 e. The van der Waals surface area contributed by atoms with Crippen molar-refractivity contribution in [1.82, 2.24) is 10.0 Å². The minimum atomic E-state index is -4.96. The molecule has 35 heavy (non-hydrogen) atoms. The van der Waals surface area contributed by atoms with Crippen LogP contribution in [-0.2, 0) is 32.2 Å². The number of hydrogen-bond acceptors (Lipinski definition) is 5. The number of carbonyl (C=O) groups is 2. The molecule has 0 aliphatic heterocycles. The van der Waals surface area contributed by atoms with Gasteiger partial charge in [-0.25, -0.2) is 8.42 Å². The predicted molar refractivity (Wildman–Crippen MR) is 121 cm³/mol. The van der Waals surface area contributed by atoms with Gasteiger partial charge in [0.25, 0.3) is 0 Å². The summed E-state index contributed by atoms with van der Waals surface area (Å²) in [5.74, 6) is -2.23. The number of nitrogens with one attached hydrogen (secondary N) is 3. The van der Waals surface area contributed by atoms with Crippen LogP contribution >= 0.6 is 0 Å². The summed E-state index contributed by atoms with van der Waals surface area (Å²) in [6.45, 7) is -0.645. The van der Waals surface area contributed by atoms with Crippen molar-refractivity contribution < 1.29 is 36.3 Å². The maximum absolute atomic E-state index is 13.2. The number of amides is 1. The van der Waals surface area contributed by atoms with Crippen LogP contribution in [0.15, 0.2) is 53.4 Å². The van der Waals surface area contributed by atoms with Crippen LogP contribution in [0.2, 0.25) is 0 Å². The average molecular weight is 515 g/mol. The van der Waals surface area contributed by atoms with Gasteiger partial charge in [0.1, 0.15) is 11.9 Å². The Morgan fingerprint density at radius 3 is 2.26 bits per heavy atom. The number of carbonyl (C=O) groups excluding carboxylic acids is 1. The number of benzene rings is 2. The third kappa shape index (κ3) is 8.37. The van der Waals surface area contributed by atoms with E-state index >= 15 is 0 Å². The number of aryl methyl sites for hydroxylation is 1. The van der Waals surface area contributed by atoms with E-state index in [1.807, 2.05) is 12.1 Å². The van der Waals surface area contributed by atoms with Crippen molar-refractivity contribution in [2.24, 2.45) is 5.73 Å². The molecule has 2 aromatic carbocycles. The first-order valence-corrected chi connectivity index (χ1v) is 11.9. The molecule has 0 spiro atoms. The molecule has 0 fully saturated rings. The highest BCUT2D eigenvalue weighted by Crippen LogP contribution is 2.33. The lowest BCUT2D eigenvalue weighted by atomic mass is 10.0. The fourth-order valence-electron chi connectivity index (χ4n) is 3.14. The van der Waals surface area contributed by atoms with Crippen molar-refractivity contribution in [1.29, 1.82) is 5.41 Å². The Balaban J connectivity index is 1.88. The van der Waals surface area contributed by atoms with Gasteiger partial charge in [-0.1, -0.05) is 36.4 Å². The standard InChI is InChI=1S/C22H25F3N4O5S/c23-22(24,25)16-6-2-3-7-18(16)35(33,34)29-17(21(31)32)13-28-19(30)8-4-1-5-14-9-11-15(12-10-14)20(26)27/h2-3,6-7,9-12,17,29H,1,4-5,8,13H2,(H3,26,27)(H,28,30)(H,31,32). The summed E-state index contributed by atoms with van der Waals surface area (Å²) in [5.41, 5.74) is 5.54. The van der Waals surface area contributed by atoms with Crippen molar-refractivity contribution in [3.8, 4) is 0 Å². The third-order valence-corrected chi connectivity index (χ3v) is 6.49. The molecule has 0 aliphatic carbocycles. The minimum absolute atomic E-state index is 0.0419. The molecule has 0 radical (unpaired) electrons. The predicted octanol–water partition coefficient (Wildman–Crippen LogP) is 2.25. The molecule has 6 N–H and O–H groups in total. The third-order valence-electron chi connectivity index (χ3n) is 4.97. The lowest BCUT2D eigenvalue weighted by Crippen LogP contribution is -2.48. The quantitative estimate of drug-likeness (QED) is 0.166. The number of halogens is 3. The number of rotatable bonds is 12. The highest BCUT2D eigenvalue weighted by atomic mass is 32.2. The molecule has 1 atom stereocenters. The first kappa shape index (κ1) is 27.8. The molecule has 9 nitrogen and oxygen atoms in total. The molecule has 2 rings (SSSR count). The summed E-state index contributed by atoms with van der Waals surface area (Å²) < 4.78 is 66.1. The number of carboxylic acids is 1. The van der Waals surface area contributed by atoms with Gasteiger partial charge in [-0.05, 0) is 37.0 Å². The van der Waals surface area contributed by atoms with Crippen molar-refractivity contribution >= 4 is 27.7 Å². The van der Waals surface area contributed by atoms with Crippen LogP contribution in [0.4, 0.5) is 13.2 Å². The summed E-state index contributed by atoms with van der Waals surface area (Å²) in [7, 11) is -4.85. The van der Waals surface area contributed by atoms with Crippen LogP contribution in [0.1, 0.15) is 36.0 Å². The van der Waals surface area contributed by atoms with Crippen molar-refractivity contribution in [2.75, 3.05) is 6.54 Å².